The third-order valence-electron chi connectivity index (χ3n) is 3.75. The van der Waals surface area contributed by atoms with E-state index in [1.54, 1.807) is 38.1 Å². The maximum Gasteiger partial charge on any atom is 0.251 e. The number of rotatable bonds is 3. The molecule has 0 atom stereocenters. The van der Waals surface area contributed by atoms with Crippen LogP contribution in [-0.2, 0) is 9.59 Å². The van der Waals surface area contributed by atoms with E-state index in [-0.39, 0.29) is 17.5 Å². The summed E-state index contributed by atoms with van der Waals surface area (Å²) in [5, 5.41) is 3.34. The molecule has 1 aromatic rings. The van der Waals surface area contributed by atoms with Crippen LogP contribution in [0.3, 0.4) is 0 Å². The minimum Gasteiger partial charge on any atom is -0.346 e. The van der Waals surface area contributed by atoms with Crippen LogP contribution in [0.4, 0.5) is 0 Å². The molecule has 2 rings (SSSR count). The van der Waals surface area contributed by atoms with E-state index < -0.39 is 11.5 Å². The predicted molar refractivity (Wildman–Crippen MR) is 80.4 cm³/mol. The maximum atomic E-state index is 12.3. The monoisotopic (exact) mass is 307 g/mol. The van der Waals surface area contributed by atoms with E-state index in [0.29, 0.717) is 29.8 Å². The molecule has 1 N–H and O–H groups in total. The minimum absolute atomic E-state index is 0.0901. The largest absolute Gasteiger partial charge is 0.346 e. The van der Waals surface area contributed by atoms with Crippen LogP contribution in [0.25, 0.3) is 0 Å². The molecule has 0 spiro atoms. The summed E-state index contributed by atoms with van der Waals surface area (Å²) in [4.78, 5) is 36.3. The molecule has 1 amide bonds. The lowest BCUT2D eigenvalue weighted by atomic mass is 9.75. The van der Waals surface area contributed by atoms with Crippen molar-refractivity contribution in [2.45, 2.75) is 38.6 Å². The Balaban J connectivity index is 2.16. The van der Waals surface area contributed by atoms with Crippen LogP contribution in [-0.4, -0.2) is 23.0 Å². The second-order valence-corrected chi connectivity index (χ2v) is 6.34. The molecular weight excluding hydrogens is 290 g/mol. The molecule has 0 saturated heterocycles. The van der Waals surface area contributed by atoms with E-state index in [0.717, 1.165) is 0 Å². The van der Waals surface area contributed by atoms with Gasteiger partial charge in [0.2, 0.25) is 0 Å². The number of carbonyl (C=O) groups excluding carboxylic acids is 3. The van der Waals surface area contributed by atoms with Gasteiger partial charge in [0.15, 0.2) is 0 Å². The Kier molecular flexibility index (Phi) is 4.47. The first-order valence-electron chi connectivity index (χ1n) is 6.95. The Labute approximate surface area is 128 Å². The van der Waals surface area contributed by atoms with E-state index in [1.165, 1.54) is 0 Å². The Hall–Kier alpha value is -1.68. The Bertz CT molecular complexity index is 562. The topological polar surface area (TPSA) is 63.2 Å². The molecule has 0 unspecified atom stereocenters. The van der Waals surface area contributed by atoms with Crippen LogP contribution < -0.4 is 5.32 Å². The van der Waals surface area contributed by atoms with E-state index in [9.17, 15) is 14.4 Å². The van der Waals surface area contributed by atoms with E-state index in [1.807, 2.05) is 0 Å². The first-order chi connectivity index (χ1) is 9.81. The summed E-state index contributed by atoms with van der Waals surface area (Å²) in [6, 6.07) is 6.47. The summed E-state index contributed by atoms with van der Waals surface area (Å²) < 4.78 is 0. The van der Waals surface area contributed by atoms with Gasteiger partial charge in [0, 0.05) is 23.4 Å². The van der Waals surface area contributed by atoms with Gasteiger partial charge >= 0.3 is 0 Å². The lowest BCUT2D eigenvalue weighted by Gasteiger charge is -2.35. The molecule has 21 heavy (non-hydrogen) atoms. The van der Waals surface area contributed by atoms with Gasteiger partial charge in [-0.2, -0.15) is 0 Å². The van der Waals surface area contributed by atoms with Gasteiger partial charge in [-0.3, -0.25) is 14.4 Å². The fourth-order valence-corrected chi connectivity index (χ4v) is 2.87. The van der Waals surface area contributed by atoms with Crippen LogP contribution in [0.2, 0.25) is 5.02 Å². The molecule has 0 aliphatic heterocycles. The van der Waals surface area contributed by atoms with Gasteiger partial charge in [0.25, 0.3) is 5.91 Å². The third kappa shape index (κ3) is 3.50. The second kappa shape index (κ2) is 5.98. The molecule has 1 aromatic carbocycles. The van der Waals surface area contributed by atoms with Crippen molar-refractivity contribution in [1.82, 2.24) is 5.32 Å². The van der Waals surface area contributed by atoms with Crippen LogP contribution in [0, 0.1) is 5.92 Å². The van der Waals surface area contributed by atoms with Gasteiger partial charge < -0.3 is 5.32 Å². The highest BCUT2D eigenvalue weighted by molar-refractivity contribution is 6.30. The first-order valence-corrected chi connectivity index (χ1v) is 7.32. The summed E-state index contributed by atoms with van der Waals surface area (Å²) in [5.41, 5.74) is -0.450. The minimum atomic E-state index is -0.898. The fraction of sp³-hybridized carbons (Fsp3) is 0.438. The van der Waals surface area contributed by atoms with Crippen molar-refractivity contribution >= 4 is 29.1 Å². The third-order valence-corrected chi connectivity index (χ3v) is 4.01. The summed E-state index contributed by atoms with van der Waals surface area (Å²) in [7, 11) is 0. The van der Waals surface area contributed by atoms with Crippen molar-refractivity contribution in [3.8, 4) is 0 Å². The van der Waals surface area contributed by atoms with Gasteiger partial charge in [-0.05, 0) is 44.5 Å². The predicted octanol–water partition coefficient (Wildman–Crippen LogP) is 2.79. The maximum absolute atomic E-state index is 12.3. The molecule has 4 nitrogen and oxygen atoms in total. The molecule has 5 heteroatoms. The average molecular weight is 308 g/mol. The van der Waals surface area contributed by atoms with Crippen molar-refractivity contribution in [2.75, 3.05) is 0 Å². The Morgan fingerprint density at radius 3 is 2.19 bits per heavy atom. The molecule has 1 saturated carbocycles. The number of halogens is 1. The zero-order valence-corrected chi connectivity index (χ0v) is 12.9. The normalized spacial score (nSPS) is 16.9. The quantitative estimate of drug-likeness (QED) is 0.873. The van der Waals surface area contributed by atoms with Crippen molar-refractivity contribution < 1.29 is 14.4 Å². The lowest BCUT2D eigenvalue weighted by molar-refractivity contribution is -0.138. The molecule has 0 bridgehead atoms. The molecule has 1 aliphatic carbocycles. The average Bonchev–Trinajstić information content (AvgIpc) is 2.38. The first kappa shape index (κ1) is 15.7. The standard InChI is InChI=1S/C16H18ClNO3/c1-16(2,14-12(19)4-3-5-13(14)20)18-15(21)10-6-8-11(17)9-7-10/h6-9,14H,3-5H2,1-2H3,(H,18,21). The number of nitrogens with one attached hydrogen (secondary N) is 1. The zero-order valence-electron chi connectivity index (χ0n) is 12.1. The number of hydrogen-bond donors (Lipinski definition) is 1. The number of hydrogen-bond acceptors (Lipinski definition) is 3. The Morgan fingerprint density at radius 2 is 1.67 bits per heavy atom. The highest BCUT2D eigenvalue weighted by Gasteiger charge is 2.42. The van der Waals surface area contributed by atoms with Crippen molar-refractivity contribution in [2.24, 2.45) is 5.92 Å². The molecule has 1 aliphatic rings. The number of ketones is 2. The fourth-order valence-electron chi connectivity index (χ4n) is 2.75. The summed E-state index contributed by atoms with van der Waals surface area (Å²) in [5.74, 6) is -1.26. The molecule has 112 valence electrons. The lowest BCUT2D eigenvalue weighted by Crippen LogP contribution is -2.55. The number of Topliss-reactive ketones (excluding diaryl/α,β-unsaturated/α-hetero) is 2. The molecule has 0 radical (unpaired) electrons. The van der Waals surface area contributed by atoms with Crippen LogP contribution in [0.1, 0.15) is 43.5 Å². The highest BCUT2D eigenvalue weighted by atomic mass is 35.5. The molecule has 0 aromatic heterocycles. The van der Waals surface area contributed by atoms with Crippen molar-refractivity contribution in [3.05, 3.63) is 34.9 Å². The van der Waals surface area contributed by atoms with Crippen LogP contribution in [0.15, 0.2) is 24.3 Å². The van der Waals surface area contributed by atoms with Crippen LogP contribution >= 0.6 is 11.6 Å². The summed E-state index contributed by atoms with van der Waals surface area (Å²) in [6.45, 7) is 3.43. The zero-order chi connectivity index (χ0) is 15.6. The molecular formula is C16H18ClNO3. The molecule has 0 heterocycles. The van der Waals surface area contributed by atoms with Crippen molar-refractivity contribution in [1.29, 1.82) is 0 Å². The van der Waals surface area contributed by atoms with Crippen LogP contribution in [0.5, 0.6) is 0 Å². The van der Waals surface area contributed by atoms with Gasteiger partial charge in [-0.15, -0.1) is 0 Å². The van der Waals surface area contributed by atoms with Gasteiger partial charge in [0.05, 0.1) is 11.5 Å². The summed E-state index contributed by atoms with van der Waals surface area (Å²) in [6.07, 6.45) is 1.41. The number of amides is 1. The van der Waals surface area contributed by atoms with E-state index in [2.05, 4.69) is 5.32 Å². The van der Waals surface area contributed by atoms with E-state index >= 15 is 0 Å². The van der Waals surface area contributed by atoms with Gasteiger partial charge in [-0.1, -0.05) is 11.6 Å². The van der Waals surface area contributed by atoms with Gasteiger partial charge in [0.1, 0.15) is 11.6 Å². The summed E-state index contributed by atoms with van der Waals surface area (Å²) >= 11 is 5.79. The van der Waals surface area contributed by atoms with Gasteiger partial charge in [-0.25, -0.2) is 0 Å². The number of carbonyl (C=O) groups is 3. The SMILES string of the molecule is CC(C)(NC(=O)c1ccc(Cl)cc1)C1C(=O)CCCC1=O. The highest BCUT2D eigenvalue weighted by Crippen LogP contribution is 2.27. The molecule has 1 fully saturated rings. The smallest absolute Gasteiger partial charge is 0.251 e. The van der Waals surface area contributed by atoms with E-state index in [4.69, 9.17) is 11.6 Å². The van der Waals surface area contributed by atoms with Crippen molar-refractivity contribution in [3.63, 3.8) is 0 Å². The Morgan fingerprint density at radius 1 is 1.14 bits per heavy atom. The number of benzene rings is 1. The second-order valence-electron chi connectivity index (χ2n) is 5.90.